The number of carboxylic acids is 1. The first-order valence-corrected chi connectivity index (χ1v) is 6.58. The Morgan fingerprint density at radius 1 is 1.29 bits per heavy atom. The van der Waals surface area contributed by atoms with E-state index in [-0.39, 0.29) is 5.56 Å². The van der Waals surface area contributed by atoms with Crippen molar-refractivity contribution in [1.29, 1.82) is 0 Å². The van der Waals surface area contributed by atoms with Crippen LogP contribution in [-0.2, 0) is 6.54 Å². The van der Waals surface area contributed by atoms with Crippen molar-refractivity contribution in [1.82, 2.24) is 9.80 Å². The highest BCUT2D eigenvalue weighted by atomic mass is 19.4. The molecule has 0 atom stereocenters. The Bertz CT molecular complexity index is 505. The Balaban J connectivity index is 1.86. The molecule has 1 N–H and O–H groups in total. The summed E-state index contributed by atoms with van der Waals surface area (Å²) < 4.78 is 42.2. The lowest BCUT2D eigenvalue weighted by Gasteiger charge is -2.34. The summed E-state index contributed by atoms with van der Waals surface area (Å²) >= 11 is 0. The Kier molecular flexibility index (Phi) is 4.58. The van der Waals surface area contributed by atoms with Crippen LogP contribution < -0.4 is 0 Å². The Morgan fingerprint density at radius 3 is 2.33 bits per heavy atom. The number of alkyl halides is 3. The van der Waals surface area contributed by atoms with Crippen LogP contribution in [0.1, 0.15) is 21.9 Å². The van der Waals surface area contributed by atoms with Crippen LogP contribution in [-0.4, -0.2) is 59.8 Å². The number of furan rings is 1. The monoisotopic (exact) mass is 306 g/mol. The van der Waals surface area contributed by atoms with Gasteiger partial charge in [0, 0.05) is 26.2 Å². The smallest absolute Gasteiger partial charge is 0.401 e. The molecule has 0 bridgehead atoms. The molecular formula is C13H17F3N2O3. The van der Waals surface area contributed by atoms with Crippen molar-refractivity contribution < 1.29 is 27.5 Å². The summed E-state index contributed by atoms with van der Waals surface area (Å²) in [6.07, 6.45) is -4.17. The Labute approximate surface area is 119 Å². The number of halogens is 3. The molecule has 5 nitrogen and oxygen atoms in total. The highest BCUT2D eigenvalue weighted by Gasteiger charge is 2.32. The predicted octanol–water partition coefficient (Wildman–Crippen LogP) is 1.97. The average Bonchev–Trinajstić information content (AvgIpc) is 2.71. The molecule has 1 aromatic heterocycles. The molecular weight excluding hydrogens is 289 g/mol. The van der Waals surface area contributed by atoms with Crippen molar-refractivity contribution in [2.24, 2.45) is 0 Å². The van der Waals surface area contributed by atoms with Gasteiger partial charge in [-0.3, -0.25) is 9.80 Å². The number of aryl methyl sites for hydroxylation is 1. The van der Waals surface area contributed by atoms with E-state index in [1.54, 1.807) is 6.92 Å². The maximum absolute atomic E-state index is 12.3. The summed E-state index contributed by atoms with van der Waals surface area (Å²) in [5.74, 6) is -0.181. The highest BCUT2D eigenvalue weighted by Crippen LogP contribution is 2.19. The number of rotatable bonds is 4. The van der Waals surface area contributed by atoms with Gasteiger partial charge in [-0.2, -0.15) is 13.2 Å². The summed E-state index contributed by atoms with van der Waals surface area (Å²) in [7, 11) is 0. The van der Waals surface area contributed by atoms with Gasteiger partial charge in [-0.1, -0.05) is 0 Å². The second-order valence-electron chi connectivity index (χ2n) is 5.16. The second-order valence-corrected chi connectivity index (χ2v) is 5.16. The lowest BCUT2D eigenvalue weighted by molar-refractivity contribution is -0.149. The Hall–Kier alpha value is -1.54. The van der Waals surface area contributed by atoms with E-state index in [0.717, 1.165) is 0 Å². The van der Waals surface area contributed by atoms with E-state index >= 15 is 0 Å². The molecule has 1 saturated heterocycles. The molecule has 1 aliphatic heterocycles. The van der Waals surface area contributed by atoms with E-state index in [0.29, 0.717) is 44.2 Å². The maximum atomic E-state index is 12.3. The van der Waals surface area contributed by atoms with Crippen molar-refractivity contribution in [3.05, 3.63) is 23.2 Å². The largest absolute Gasteiger partial charge is 0.478 e. The molecule has 1 aromatic rings. The molecule has 0 saturated carbocycles. The van der Waals surface area contributed by atoms with Crippen LogP contribution in [0.5, 0.6) is 0 Å². The van der Waals surface area contributed by atoms with Crippen LogP contribution in [0.2, 0.25) is 0 Å². The number of carboxylic acid groups (broad SMARTS) is 1. The minimum Gasteiger partial charge on any atom is -0.478 e. The zero-order chi connectivity index (χ0) is 15.6. The molecule has 0 aromatic carbocycles. The van der Waals surface area contributed by atoms with E-state index in [4.69, 9.17) is 9.52 Å². The molecule has 21 heavy (non-hydrogen) atoms. The molecule has 0 aliphatic carbocycles. The second kappa shape index (κ2) is 6.07. The first-order chi connectivity index (χ1) is 9.74. The van der Waals surface area contributed by atoms with E-state index in [1.807, 2.05) is 4.90 Å². The minimum atomic E-state index is -4.17. The third kappa shape index (κ3) is 4.47. The third-order valence-corrected chi connectivity index (χ3v) is 3.45. The fourth-order valence-electron chi connectivity index (χ4n) is 2.41. The summed E-state index contributed by atoms with van der Waals surface area (Å²) in [5.41, 5.74) is 0.126. The highest BCUT2D eigenvalue weighted by molar-refractivity contribution is 5.88. The summed E-state index contributed by atoms with van der Waals surface area (Å²) in [4.78, 5) is 14.2. The maximum Gasteiger partial charge on any atom is 0.401 e. The van der Waals surface area contributed by atoms with Crippen LogP contribution in [0.3, 0.4) is 0 Å². The van der Waals surface area contributed by atoms with E-state index in [9.17, 15) is 18.0 Å². The quantitative estimate of drug-likeness (QED) is 0.921. The van der Waals surface area contributed by atoms with Gasteiger partial charge in [0.05, 0.1) is 13.1 Å². The zero-order valence-electron chi connectivity index (χ0n) is 11.6. The zero-order valence-corrected chi connectivity index (χ0v) is 11.6. The van der Waals surface area contributed by atoms with Gasteiger partial charge in [-0.05, 0) is 13.0 Å². The molecule has 2 heterocycles. The number of hydrogen-bond donors (Lipinski definition) is 1. The topological polar surface area (TPSA) is 56.9 Å². The number of piperazine rings is 1. The van der Waals surface area contributed by atoms with E-state index in [2.05, 4.69) is 0 Å². The van der Waals surface area contributed by atoms with Gasteiger partial charge >= 0.3 is 12.1 Å². The van der Waals surface area contributed by atoms with Gasteiger partial charge in [-0.15, -0.1) is 0 Å². The molecule has 0 unspecified atom stereocenters. The van der Waals surface area contributed by atoms with E-state index < -0.39 is 18.7 Å². The van der Waals surface area contributed by atoms with Crippen molar-refractivity contribution in [2.75, 3.05) is 32.7 Å². The van der Waals surface area contributed by atoms with Gasteiger partial charge in [0.25, 0.3) is 0 Å². The minimum absolute atomic E-state index is 0.126. The molecule has 118 valence electrons. The molecule has 2 rings (SSSR count). The van der Waals surface area contributed by atoms with Gasteiger partial charge in [0.15, 0.2) is 0 Å². The third-order valence-electron chi connectivity index (χ3n) is 3.45. The van der Waals surface area contributed by atoms with Crippen molar-refractivity contribution in [3.8, 4) is 0 Å². The fraction of sp³-hybridized carbons (Fsp3) is 0.615. The van der Waals surface area contributed by atoms with Crippen LogP contribution in [0.15, 0.2) is 10.5 Å². The summed E-state index contributed by atoms with van der Waals surface area (Å²) in [5, 5.41) is 8.94. The van der Waals surface area contributed by atoms with Crippen molar-refractivity contribution >= 4 is 5.97 Å². The summed E-state index contributed by atoms with van der Waals surface area (Å²) in [6.45, 7) is 2.78. The fourth-order valence-corrected chi connectivity index (χ4v) is 2.41. The Morgan fingerprint density at radius 2 is 1.86 bits per heavy atom. The average molecular weight is 306 g/mol. The van der Waals surface area contributed by atoms with Crippen molar-refractivity contribution in [3.63, 3.8) is 0 Å². The number of carbonyl (C=O) groups is 1. The molecule has 0 radical (unpaired) electrons. The molecule has 8 heteroatoms. The van der Waals surface area contributed by atoms with Gasteiger partial charge < -0.3 is 9.52 Å². The lowest BCUT2D eigenvalue weighted by Crippen LogP contribution is -2.48. The first-order valence-electron chi connectivity index (χ1n) is 6.58. The first kappa shape index (κ1) is 15.8. The van der Waals surface area contributed by atoms with Gasteiger partial charge in [0.1, 0.15) is 17.1 Å². The van der Waals surface area contributed by atoms with Crippen LogP contribution >= 0.6 is 0 Å². The van der Waals surface area contributed by atoms with Crippen LogP contribution in [0.25, 0.3) is 0 Å². The molecule has 0 spiro atoms. The molecule has 1 aliphatic rings. The van der Waals surface area contributed by atoms with Crippen molar-refractivity contribution in [2.45, 2.75) is 19.6 Å². The lowest BCUT2D eigenvalue weighted by atomic mass is 10.2. The normalized spacial score (nSPS) is 18.1. The number of aromatic carboxylic acids is 1. The summed E-state index contributed by atoms with van der Waals surface area (Å²) in [6, 6.07) is 1.47. The van der Waals surface area contributed by atoms with E-state index in [1.165, 1.54) is 11.0 Å². The standard InChI is InChI=1S/C13H17F3N2O3/c1-9-11(12(19)20)6-10(21-9)7-17-2-4-18(5-3-17)8-13(14,15)16/h6H,2-5,7-8H2,1H3,(H,19,20). The van der Waals surface area contributed by atoms with Crippen LogP contribution in [0, 0.1) is 6.92 Å². The predicted molar refractivity (Wildman–Crippen MR) is 68.2 cm³/mol. The SMILES string of the molecule is Cc1oc(CN2CCN(CC(F)(F)F)CC2)cc1C(=O)O. The molecule has 1 fully saturated rings. The molecule has 0 amide bonds. The number of nitrogens with zero attached hydrogens (tertiary/aromatic N) is 2. The van der Waals surface area contributed by atoms with Crippen LogP contribution in [0.4, 0.5) is 13.2 Å². The van der Waals surface area contributed by atoms with Gasteiger partial charge in [-0.25, -0.2) is 4.79 Å². The number of hydrogen-bond acceptors (Lipinski definition) is 4. The van der Waals surface area contributed by atoms with Gasteiger partial charge in [0.2, 0.25) is 0 Å².